The Kier molecular flexibility index (Phi) is 4.22. The largest absolute Gasteiger partial charge is 0.439 e. The molecular formula is C17H13F3N6O. The van der Waals surface area contributed by atoms with Crippen molar-refractivity contribution in [3.63, 3.8) is 0 Å². The number of alkyl halides is 3. The topological polar surface area (TPSA) is 88.1 Å². The summed E-state index contributed by atoms with van der Waals surface area (Å²) in [7, 11) is 0. The van der Waals surface area contributed by atoms with Crippen LogP contribution in [0.3, 0.4) is 0 Å². The Bertz CT molecular complexity index is 990. The number of rotatable bonds is 4. The number of aromatic amines is 1. The number of anilines is 2. The number of aliphatic imine (C=N–C) groups is 1. The Morgan fingerprint density at radius 2 is 1.96 bits per heavy atom. The molecule has 4 rings (SSSR count). The summed E-state index contributed by atoms with van der Waals surface area (Å²) >= 11 is 0. The van der Waals surface area contributed by atoms with E-state index >= 15 is 0 Å². The van der Waals surface area contributed by atoms with Crippen LogP contribution in [0.4, 0.5) is 24.8 Å². The minimum atomic E-state index is -4.46. The second kappa shape index (κ2) is 6.71. The van der Waals surface area contributed by atoms with Gasteiger partial charge in [-0.3, -0.25) is 0 Å². The maximum absolute atomic E-state index is 13.0. The molecule has 7 nitrogen and oxygen atoms in total. The molecule has 138 valence electrons. The van der Waals surface area contributed by atoms with E-state index in [1.807, 2.05) is 0 Å². The van der Waals surface area contributed by atoms with Gasteiger partial charge in [-0.15, -0.1) is 0 Å². The zero-order chi connectivity index (χ0) is 18.9. The number of nitrogens with zero attached hydrogens (tertiary/aromatic N) is 4. The Labute approximate surface area is 151 Å². The molecule has 1 aromatic carbocycles. The van der Waals surface area contributed by atoms with Crippen molar-refractivity contribution in [2.24, 2.45) is 4.99 Å². The number of imidazole rings is 1. The number of halogens is 3. The van der Waals surface area contributed by atoms with E-state index in [-0.39, 0.29) is 18.6 Å². The summed E-state index contributed by atoms with van der Waals surface area (Å²) in [5.41, 5.74) is 1.12. The van der Waals surface area contributed by atoms with Crippen molar-refractivity contribution in [1.82, 2.24) is 19.9 Å². The van der Waals surface area contributed by atoms with E-state index in [1.165, 1.54) is 12.5 Å². The third-order valence-corrected chi connectivity index (χ3v) is 3.83. The van der Waals surface area contributed by atoms with Crippen LogP contribution in [0.1, 0.15) is 12.8 Å². The second-order valence-electron chi connectivity index (χ2n) is 5.73. The van der Waals surface area contributed by atoms with Gasteiger partial charge >= 0.3 is 6.18 Å². The first-order chi connectivity index (χ1) is 13.0. The predicted octanol–water partition coefficient (Wildman–Crippen LogP) is 4.11. The van der Waals surface area contributed by atoms with Crippen LogP contribution in [0.5, 0.6) is 5.75 Å². The van der Waals surface area contributed by atoms with Gasteiger partial charge in [0.15, 0.2) is 5.65 Å². The third kappa shape index (κ3) is 3.73. The number of hydrogen-bond donors (Lipinski definition) is 2. The molecule has 0 amide bonds. The maximum atomic E-state index is 13.0. The monoisotopic (exact) mass is 374 g/mol. The van der Waals surface area contributed by atoms with Crippen LogP contribution in [-0.4, -0.2) is 32.3 Å². The molecule has 0 aliphatic carbocycles. The molecule has 0 saturated carbocycles. The van der Waals surface area contributed by atoms with E-state index in [0.29, 0.717) is 22.8 Å². The summed E-state index contributed by atoms with van der Waals surface area (Å²) in [4.78, 5) is 19.0. The van der Waals surface area contributed by atoms with Gasteiger partial charge in [0.05, 0.1) is 11.8 Å². The number of ether oxygens (including phenoxy) is 1. The van der Waals surface area contributed by atoms with Crippen molar-refractivity contribution in [2.75, 3.05) is 5.32 Å². The molecule has 0 radical (unpaired) electrons. The van der Waals surface area contributed by atoms with E-state index in [2.05, 4.69) is 30.2 Å². The highest BCUT2D eigenvalue weighted by Crippen LogP contribution is 2.34. The van der Waals surface area contributed by atoms with Crippen LogP contribution in [0.15, 0.2) is 53.2 Å². The lowest BCUT2D eigenvalue weighted by molar-refractivity contribution is -0.0966. The van der Waals surface area contributed by atoms with Gasteiger partial charge in [0.2, 0.25) is 11.8 Å². The minimum absolute atomic E-state index is 0.142. The van der Waals surface area contributed by atoms with Crippen molar-refractivity contribution >= 4 is 29.0 Å². The van der Waals surface area contributed by atoms with Crippen molar-refractivity contribution < 1.29 is 17.9 Å². The number of fused-ring (bicyclic) bond motifs is 1. The normalized spacial score (nSPS) is 14.6. The molecule has 0 spiro atoms. The molecule has 0 bridgehead atoms. The molecule has 0 atom stereocenters. The second-order valence-corrected chi connectivity index (χ2v) is 5.73. The van der Waals surface area contributed by atoms with Crippen molar-refractivity contribution in [3.8, 4) is 5.75 Å². The summed E-state index contributed by atoms with van der Waals surface area (Å²) in [5.74, 6) is 0.315. The van der Waals surface area contributed by atoms with Gasteiger partial charge in [0, 0.05) is 11.9 Å². The van der Waals surface area contributed by atoms with Crippen molar-refractivity contribution in [1.29, 1.82) is 0 Å². The number of allylic oxidation sites excluding steroid dienone is 1. The average Bonchev–Trinajstić information content (AvgIpc) is 3.05. The molecule has 3 aromatic rings. The van der Waals surface area contributed by atoms with Gasteiger partial charge in [-0.1, -0.05) is 0 Å². The number of hydrogen-bond acceptors (Lipinski definition) is 6. The zero-order valence-corrected chi connectivity index (χ0v) is 13.8. The first kappa shape index (κ1) is 17.0. The molecule has 0 saturated heterocycles. The van der Waals surface area contributed by atoms with Crippen LogP contribution in [0.25, 0.3) is 11.2 Å². The van der Waals surface area contributed by atoms with Crippen molar-refractivity contribution in [3.05, 3.63) is 48.2 Å². The summed E-state index contributed by atoms with van der Waals surface area (Å²) in [6.45, 7) is 0. The fraction of sp³-hybridized carbons (Fsp3) is 0.176. The van der Waals surface area contributed by atoms with E-state index in [1.54, 1.807) is 30.5 Å². The van der Waals surface area contributed by atoms with Gasteiger partial charge in [0.1, 0.15) is 17.6 Å². The fourth-order valence-corrected chi connectivity index (χ4v) is 2.57. The predicted molar refractivity (Wildman–Crippen MR) is 92.8 cm³/mol. The van der Waals surface area contributed by atoms with Crippen molar-refractivity contribution in [2.45, 2.75) is 19.0 Å². The first-order valence-corrected chi connectivity index (χ1v) is 8.02. The van der Waals surface area contributed by atoms with Crippen LogP contribution < -0.4 is 10.1 Å². The highest BCUT2D eigenvalue weighted by atomic mass is 19.4. The molecule has 0 fully saturated rings. The number of H-pyrrole nitrogens is 1. The Morgan fingerprint density at radius 1 is 1.15 bits per heavy atom. The lowest BCUT2D eigenvalue weighted by atomic mass is 10.1. The number of aromatic nitrogens is 4. The highest BCUT2D eigenvalue weighted by molar-refractivity contribution is 5.73. The fourth-order valence-electron chi connectivity index (χ4n) is 2.57. The Hall–Kier alpha value is -3.43. The quantitative estimate of drug-likeness (QED) is 0.717. The van der Waals surface area contributed by atoms with Crippen LogP contribution in [0.2, 0.25) is 0 Å². The SMILES string of the molecule is FC(F)(F)C1=C(Oc2ccc(Nc3nc4ncncc4[nH]3)cc2)N=CCC1. The molecule has 10 heteroatoms. The lowest BCUT2D eigenvalue weighted by Crippen LogP contribution is -2.18. The van der Waals surface area contributed by atoms with Gasteiger partial charge < -0.3 is 15.0 Å². The molecule has 1 aliphatic heterocycles. The highest BCUT2D eigenvalue weighted by Gasteiger charge is 2.38. The molecule has 1 aliphatic rings. The standard InChI is InChI=1S/C17H13F3N6O/c18-17(19,20)12-2-1-7-22-15(12)27-11-5-3-10(4-6-11)24-16-25-13-8-21-9-23-14(13)26-16/h3-9H,1-2H2,(H2,21,23,24,25,26). The number of nitrogens with one attached hydrogen (secondary N) is 2. The van der Waals surface area contributed by atoms with Gasteiger partial charge in [-0.2, -0.15) is 18.2 Å². The van der Waals surface area contributed by atoms with E-state index in [9.17, 15) is 13.2 Å². The summed E-state index contributed by atoms with van der Waals surface area (Å²) in [5, 5.41) is 3.05. The molecule has 2 aromatic heterocycles. The summed E-state index contributed by atoms with van der Waals surface area (Å²) < 4.78 is 44.5. The van der Waals surface area contributed by atoms with Crippen LogP contribution >= 0.6 is 0 Å². The lowest BCUT2D eigenvalue weighted by Gasteiger charge is -2.17. The maximum Gasteiger partial charge on any atom is 0.417 e. The average molecular weight is 374 g/mol. The molecule has 2 N–H and O–H groups in total. The molecule has 3 heterocycles. The van der Waals surface area contributed by atoms with E-state index in [4.69, 9.17) is 4.74 Å². The van der Waals surface area contributed by atoms with Gasteiger partial charge in [0.25, 0.3) is 0 Å². The Balaban J connectivity index is 1.50. The Morgan fingerprint density at radius 3 is 2.70 bits per heavy atom. The first-order valence-electron chi connectivity index (χ1n) is 8.02. The van der Waals surface area contributed by atoms with E-state index < -0.39 is 17.6 Å². The van der Waals surface area contributed by atoms with Crippen LogP contribution in [0, 0.1) is 0 Å². The van der Waals surface area contributed by atoms with Crippen LogP contribution in [-0.2, 0) is 0 Å². The number of benzene rings is 1. The molecular weight excluding hydrogens is 361 g/mol. The minimum Gasteiger partial charge on any atom is -0.439 e. The third-order valence-electron chi connectivity index (χ3n) is 3.83. The smallest absolute Gasteiger partial charge is 0.417 e. The summed E-state index contributed by atoms with van der Waals surface area (Å²) in [6.07, 6.45) is 0.0674. The van der Waals surface area contributed by atoms with Gasteiger partial charge in [-0.05, 0) is 37.1 Å². The molecule has 27 heavy (non-hydrogen) atoms. The zero-order valence-electron chi connectivity index (χ0n) is 13.8. The van der Waals surface area contributed by atoms with E-state index in [0.717, 1.165) is 0 Å². The molecule has 0 unspecified atom stereocenters. The van der Waals surface area contributed by atoms with Gasteiger partial charge in [-0.25, -0.2) is 15.0 Å². The summed E-state index contributed by atoms with van der Waals surface area (Å²) in [6, 6.07) is 6.43.